The molecule has 2 aliphatic rings. The highest BCUT2D eigenvalue weighted by Gasteiger charge is 2.19. The zero-order valence-electron chi connectivity index (χ0n) is 24.1. The normalized spacial score (nSPS) is 17.0. The Kier molecular flexibility index (Phi) is 16.3. The number of benzene rings is 2. The Bertz CT molecular complexity index is 781. The van der Waals surface area contributed by atoms with Gasteiger partial charge in [-0.1, -0.05) is 68.1 Å². The van der Waals surface area contributed by atoms with E-state index >= 15 is 0 Å². The summed E-state index contributed by atoms with van der Waals surface area (Å²) in [7, 11) is 8.36. The number of nitrogens with zero attached hydrogens (tertiary/aromatic N) is 5. The van der Waals surface area contributed by atoms with Crippen molar-refractivity contribution in [1.82, 2.24) is 24.3 Å². The Balaban J connectivity index is 0.000000330. The molecule has 2 aliphatic heterocycles. The van der Waals surface area contributed by atoms with Gasteiger partial charge < -0.3 is 19.6 Å². The fourth-order valence-electron chi connectivity index (χ4n) is 5.15. The van der Waals surface area contributed by atoms with Crippen LogP contribution < -0.4 is 10.6 Å². The first kappa shape index (κ1) is 32.9. The molecule has 0 spiro atoms. The molecule has 0 saturated carbocycles. The maximum atomic E-state index is 2.61. The van der Waals surface area contributed by atoms with Crippen LogP contribution in [-0.4, -0.2) is 118 Å². The molecule has 5 nitrogen and oxygen atoms in total. The Morgan fingerprint density at radius 3 is 1.66 bits per heavy atom. The van der Waals surface area contributed by atoms with Gasteiger partial charge in [-0.05, 0) is 104 Å². The van der Waals surface area contributed by atoms with Crippen molar-refractivity contribution in [2.24, 2.45) is 0 Å². The van der Waals surface area contributed by atoms with Crippen molar-refractivity contribution in [3.8, 4) is 0 Å². The molecule has 0 atom stereocenters. The van der Waals surface area contributed by atoms with Gasteiger partial charge in [0, 0.05) is 40.8 Å². The van der Waals surface area contributed by atoms with Gasteiger partial charge in [0.2, 0.25) is 0 Å². The highest BCUT2D eigenvalue weighted by atomic mass is 31.1. The van der Waals surface area contributed by atoms with Crippen LogP contribution in [0.5, 0.6) is 0 Å². The summed E-state index contributed by atoms with van der Waals surface area (Å²) in [5, 5.41) is 2.87. The average molecular weight is 542 g/mol. The van der Waals surface area contributed by atoms with Crippen LogP contribution in [0.15, 0.2) is 60.7 Å². The summed E-state index contributed by atoms with van der Waals surface area (Å²) < 4.78 is 2.57. The number of hydrogen-bond acceptors (Lipinski definition) is 5. The number of likely N-dealkylation sites (tertiary alicyclic amines) is 1. The molecule has 0 N–H and O–H groups in total. The molecule has 0 aliphatic carbocycles. The number of likely N-dealkylation sites (N-methyl/N-ethyl adjacent to an activating group) is 1. The summed E-state index contributed by atoms with van der Waals surface area (Å²) in [6, 6.07) is 21.9. The van der Waals surface area contributed by atoms with Gasteiger partial charge in [0.15, 0.2) is 0 Å². The highest BCUT2D eigenvalue weighted by molar-refractivity contribution is 7.70. The van der Waals surface area contributed by atoms with Crippen LogP contribution >= 0.6 is 8.07 Å². The van der Waals surface area contributed by atoms with Gasteiger partial charge in [-0.2, -0.15) is 0 Å². The molecular weight excluding hydrogens is 485 g/mol. The number of unbranched alkanes of at least 4 members (excludes halogenated alkanes) is 1. The van der Waals surface area contributed by atoms with Gasteiger partial charge in [-0.25, -0.2) is 0 Å². The topological polar surface area (TPSA) is 16.2 Å². The minimum atomic E-state index is -0.442. The largest absolute Gasteiger partial charge is 0.309 e. The van der Waals surface area contributed by atoms with Crippen molar-refractivity contribution in [3.63, 3.8) is 0 Å². The van der Waals surface area contributed by atoms with E-state index in [4.69, 9.17) is 0 Å². The second-order valence-corrected chi connectivity index (χ2v) is 13.3. The fourth-order valence-corrected chi connectivity index (χ4v) is 7.48. The molecule has 6 heteroatoms. The van der Waals surface area contributed by atoms with Gasteiger partial charge in [0.1, 0.15) is 0 Å². The van der Waals surface area contributed by atoms with Crippen LogP contribution in [0.4, 0.5) is 0 Å². The maximum absolute atomic E-state index is 2.61. The molecule has 2 aromatic carbocycles. The van der Waals surface area contributed by atoms with E-state index in [9.17, 15) is 0 Å². The van der Waals surface area contributed by atoms with Crippen molar-refractivity contribution >= 4 is 18.7 Å². The molecular formula is C32H56N5P. The van der Waals surface area contributed by atoms with Crippen molar-refractivity contribution in [2.45, 2.75) is 39.5 Å². The lowest BCUT2D eigenvalue weighted by molar-refractivity contribution is 0.151. The second kappa shape index (κ2) is 18.9. The summed E-state index contributed by atoms with van der Waals surface area (Å²) in [6.07, 6.45) is 6.81. The van der Waals surface area contributed by atoms with Crippen LogP contribution in [0.1, 0.15) is 39.5 Å². The third-order valence-corrected chi connectivity index (χ3v) is 9.88. The highest BCUT2D eigenvalue weighted by Crippen LogP contribution is 2.36. The molecule has 0 amide bonds. The summed E-state index contributed by atoms with van der Waals surface area (Å²) in [6.45, 7) is 12.5. The number of piperazine rings is 1. The Hall–Kier alpha value is -1.33. The van der Waals surface area contributed by atoms with E-state index in [2.05, 4.69) is 113 Å². The molecule has 214 valence electrons. The quantitative estimate of drug-likeness (QED) is 0.286. The van der Waals surface area contributed by atoms with Crippen molar-refractivity contribution in [3.05, 3.63) is 60.7 Å². The third kappa shape index (κ3) is 12.2. The van der Waals surface area contributed by atoms with Gasteiger partial charge >= 0.3 is 0 Å². The van der Waals surface area contributed by atoms with E-state index in [0.717, 1.165) is 6.54 Å². The predicted octanol–water partition coefficient (Wildman–Crippen LogP) is 4.66. The zero-order chi connectivity index (χ0) is 26.3. The van der Waals surface area contributed by atoms with E-state index in [-0.39, 0.29) is 7.43 Å². The van der Waals surface area contributed by atoms with E-state index < -0.39 is 8.07 Å². The Labute approximate surface area is 236 Å². The molecule has 0 bridgehead atoms. The van der Waals surface area contributed by atoms with E-state index in [1.165, 1.54) is 102 Å². The minimum absolute atomic E-state index is 0. The van der Waals surface area contributed by atoms with Crippen LogP contribution in [0.3, 0.4) is 0 Å². The molecule has 2 fully saturated rings. The SMILES string of the molecule is C.CN(C)CCCCN1CCCC1.CN1CCN(CCCN(C)P(c2ccccc2)c2ccccc2)CC1. The van der Waals surface area contributed by atoms with Crippen molar-refractivity contribution < 1.29 is 0 Å². The van der Waals surface area contributed by atoms with Crippen LogP contribution in [-0.2, 0) is 0 Å². The van der Waals surface area contributed by atoms with E-state index in [0.29, 0.717) is 0 Å². The number of hydrogen-bond donors (Lipinski definition) is 0. The van der Waals surface area contributed by atoms with Crippen LogP contribution in [0.25, 0.3) is 0 Å². The molecule has 2 heterocycles. The average Bonchev–Trinajstić information content (AvgIpc) is 3.43. The summed E-state index contributed by atoms with van der Waals surface area (Å²) in [5.74, 6) is 0. The standard InChI is InChI=1S/C21H30N3P.C10H22N2.CH4/c1-22-16-18-24(19-17-22)15-9-14-23(2)25(20-10-5-3-6-11-20)21-12-7-4-8-13-21;1-11(2)7-3-4-8-12-9-5-6-10-12;/h3-8,10-13H,9,14-19H2,1-2H3;3-10H2,1-2H3;1H4. The zero-order valence-corrected chi connectivity index (χ0v) is 25.0. The van der Waals surface area contributed by atoms with E-state index in [1.54, 1.807) is 0 Å². The first-order valence-electron chi connectivity index (χ1n) is 14.4. The summed E-state index contributed by atoms with van der Waals surface area (Å²) in [5.41, 5.74) is 0. The predicted molar refractivity (Wildman–Crippen MR) is 170 cm³/mol. The van der Waals surface area contributed by atoms with Crippen LogP contribution in [0.2, 0.25) is 0 Å². The van der Waals surface area contributed by atoms with Gasteiger partial charge in [0.25, 0.3) is 0 Å². The van der Waals surface area contributed by atoms with Gasteiger partial charge in [-0.15, -0.1) is 0 Å². The molecule has 38 heavy (non-hydrogen) atoms. The van der Waals surface area contributed by atoms with Gasteiger partial charge in [0.05, 0.1) is 0 Å². The van der Waals surface area contributed by atoms with Crippen molar-refractivity contribution in [1.29, 1.82) is 0 Å². The van der Waals surface area contributed by atoms with Crippen molar-refractivity contribution in [2.75, 3.05) is 93.6 Å². The molecule has 0 aromatic heterocycles. The summed E-state index contributed by atoms with van der Waals surface area (Å²) in [4.78, 5) is 9.90. The maximum Gasteiger partial charge on any atom is 0.0278 e. The molecule has 0 unspecified atom stereocenters. The molecule has 4 rings (SSSR count). The molecule has 2 aromatic rings. The number of rotatable bonds is 12. The minimum Gasteiger partial charge on any atom is -0.309 e. The molecule has 2 saturated heterocycles. The first-order chi connectivity index (χ1) is 18.0. The third-order valence-electron chi connectivity index (χ3n) is 7.42. The fraction of sp³-hybridized carbons (Fsp3) is 0.625. The Morgan fingerprint density at radius 1 is 0.632 bits per heavy atom. The molecule has 0 radical (unpaired) electrons. The summed E-state index contributed by atoms with van der Waals surface area (Å²) >= 11 is 0. The van der Waals surface area contributed by atoms with Gasteiger partial charge in [-0.3, -0.25) is 4.67 Å². The lowest BCUT2D eigenvalue weighted by atomic mass is 10.3. The smallest absolute Gasteiger partial charge is 0.0278 e. The Morgan fingerprint density at radius 2 is 1.13 bits per heavy atom. The van der Waals surface area contributed by atoms with E-state index in [1.807, 2.05) is 0 Å². The monoisotopic (exact) mass is 541 g/mol. The second-order valence-electron chi connectivity index (χ2n) is 10.9. The van der Waals surface area contributed by atoms with Crippen LogP contribution in [0, 0.1) is 0 Å². The lowest BCUT2D eigenvalue weighted by Crippen LogP contribution is -2.45. The first-order valence-corrected chi connectivity index (χ1v) is 15.7. The lowest BCUT2D eigenvalue weighted by Gasteiger charge is -2.33.